The van der Waals surface area contributed by atoms with E-state index in [1.165, 1.54) is 17.4 Å². The lowest BCUT2D eigenvalue weighted by Gasteiger charge is -2.08. The van der Waals surface area contributed by atoms with Gasteiger partial charge >= 0.3 is 0 Å². The first kappa shape index (κ1) is 13.6. The molecule has 2 N–H and O–H groups in total. The molecule has 0 atom stereocenters. The molecule has 1 aromatic heterocycles. The Kier molecular flexibility index (Phi) is 3.83. The molecule has 5 heteroatoms. The highest BCUT2D eigenvalue weighted by atomic mass is 32.1. The second-order valence-electron chi connectivity index (χ2n) is 4.49. The molecule has 0 aliphatic heterocycles. The van der Waals surface area contributed by atoms with E-state index >= 15 is 0 Å². The highest BCUT2D eigenvalue weighted by Crippen LogP contribution is 2.27. The van der Waals surface area contributed by atoms with Crippen molar-refractivity contribution < 1.29 is 9.13 Å². The van der Waals surface area contributed by atoms with Gasteiger partial charge in [0.25, 0.3) is 0 Å². The number of hydrogen-bond donors (Lipinski definition) is 1. The molecule has 0 saturated carbocycles. The maximum absolute atomic E-state index is 14.1. The Hall–Kier alpha value is -2.40. The average Bonchev–Trinajstić information content (AvgIpc) is 2.93. The van der Waals surface area contributed by atoms with Gasteiger partial charge in [0.15, 0.2) is 16.7 Å². The monoisotopic (exact) mass is 300 g/mol. The first-order chi connectivity index (χ1) is 10.2. The lowest BCUT2D eigenvalue weighted by Crippen LogP contribution is -1.97. The van der Waals surface area contributed by atoms with Crippen molar-refractivity contribution in [1.82, 2.24) is 4.98 Å². The summed E-state index contributed by atoms with van der Waals surface area (Å²) in [5.74, 6) is -0.180. The third kappa shape index (κ3) is 3.20. The van der Waals surface area contributed by atoms with Crippen LogP contribution < -0.4 is 10.5 Å². The van der Waals surface area contributed by atoms with E-state index in [1.54, 1.807) is 17.5 Å². The van der Waals surface area contributed by atoms with Crippen molar-refractivity contribution in [1.29, 1.82) is 0 Å². The molecule has 3 nitrogen and oxygen atoms in total. The number of rotatable bonds is 4. The van der Waals surface area contributed by atoms with Crippen LogP contribution in [0, 0.1) is 5.82 Å². The van der Waals surface area contributed by atoms with Crippen LogP contribution in [0.4, 0.5) is 9.52 Å². The van der Waals surface area contributed by atoms with E-state index in [-0.39, 0.29) is 5.75 Å². The average molecular weight is 300 g/mol. The van der Waals surface area contributed by atoms with Crippen LogP contribution in [-0.2, 0) is 6.61 Å². The summed E-state index contributed by atoms with van der Waals surface area (Å²) in [5.41, 5.74) is 7.94. The maximum atomic E-state index is 14.1. The van der Waals surface area contributed by atoms with Gasteiger partial charge < -0.3 is 10.5 Å². The van der Waals surface area contributed by atoms with Crippen LogP contribution in [0.1, 0.15) is 5.56 Å². The van der Waals surface area contributed by atoms with Gasteiger partial charge in [-0.2, -0.15) is 0 Å². The van der Waals surface area contributed by atoms with Crippen molar-refractivity contribution in [2.75, 3.05) is 5.73 Å². The zero-order valence-electron chi connectivity index (χ0n) is 11.1. The van der Waals surface area contributed by atoms with Gasteiger partial charge in [0, 0.05) is 10.9 Å². The van der Waals surface area contributed by atoms with Crippen LogP contribution in [0.5, 0.6) is 5.75 Å². The fourth-order valence-electron chi connectivity index (χ4n) is 1.93. The van der Waals surface area contributed by atoms with Gasteiger partial charge in [-0.05, 0) is 23.8 Å². The Bertz CT molecular complexity index is 743. The van der Waals surface area contributed by atoms with Crippen LogP contribution in [0.25, 0.3) is 11.3 Å². The summed E-state index contributed by atoms with van der Waals surface area (Å²) in [6.45, 7) is 0.334. The number of anilines is 1. The number of halogens is 1. The van der Waals surface area contributed by atoms with Gasteiger partial charge in [0.1, 0.15) is 6.61 Å². The molecule has 0 radical (unpaired) electrons. The second kappa shape index (κ2) is 5.93. The van der Waals surface area contributed by atoms with Gasteiger partial charge in [0.2, 0.25) is 0 Å². The summed E-state index contributed by atoms with van der Waals surface area (Å²) < 4.78 is 19.6. The molecule has 0 bridgehead atoms. The number of nitrogens with zero attached hydrogens (tertiary/aromatic N) is 1. The lowest BCUT2D eigenvalue weighted by molar-refractivity contribution is 0.290. The minimum Gasteiger partial charge on any atom is -0.486 e. The molecule has 0 aliphatic carbocycles. The largest absolute Gasteiger partial charge is 0.486 e. The first-order valence-corrected chi connectivity index (χ1v) is 7.28. The number of thiazole rings is 1. The van der Waals surface area contributed by atoms with Gasteiger partial charge in [-0.15, -0.1) is 11.3 Å². The van der Waals surface area contributed by atoms with Gasteiger partial charge in [-0.25, -0.2) is 9.37 Å². The molecule has 0 unspecified atom stereocenters. The summed E-state index contributed by atoms with van der Waals surface area (Å²) >= 11 is 1.33. The number of nitrogens with two attached hydrogens (primary N) is 1. The van der Waals surface area contributed by atoms with Crippen molar-refractivity contribution in [3.63, 3.8) is 0 Å². The molecule has 0 amide bonds. The highest BCUT2D eigenvalue weighted by molar-refractivity contribution is 7.13. The minimum atomic E-state index is -0.407. The Balaban J connectivity index is 1.75. The molecule has 2 aromatic carbocycles. The SMILES string of the molecule is Nc1nc(-c2ccc(OCc3ccccc3)c(F)c2)cs1. The highest BCUT2D eigenvalue weighted by Gasteiger charge is 2.08. The van der Waals surface area contributed by atoms with Crippen LogP contribution >= 0.6 is 11.3 Å². The van der Waals surface area contributed by atoms with Crippen LogP contribution in [0.2, 0.25) is 0 Å². The summed E-state index contributed by atoms with van der Waals surface area (Å²) in [5, 5.41) is 2.27. The first-order valence-electron chi connectivity index (χ1n) is 6.40. The van der Waals surface area contributed by atoms with E-state index in [2.05, 4.69) is 4.98 Å². The zero-order chi connectivity index (χ0) is 14.7. The number of nitrogen functional groups attached to an aromatic ring is 1. The minimum absolute atomic E-state index is 0.228. The zero-order valence-corrected chi connectivity index (χ0v) is 11.9. The summed E-state index contributed by atoms with van der Waals surface area (Å²) in [4.78, 5) is 4.13. The molecule has 106 valence electrons. The summed E-state index contributed by atoms with van der Waals surface area (Å²) in [6, 6.07) is 14.4. The van der Waals surface area contributed by atoms with E-state index in [1.807, 2.05) is 30.3 Å². The number of hydrogen-bond acceptors (Lipinski definition) is 4. The molecule has 0 saturated heterocycles. The van der Waals surface area contributed by atoms with Gasteiger partial charge in [-0.1, -0.05) is 30.3 Å². The Labute approximate surface area is 125 Å². The lowest BCUT2D eigenvalue weighted by atomic mass is 10.1. The normalized spacial score (nSPS) is 10.5. The van der Waals surface area contributed by atoms with Crippen molar-refractivity contribution >= 4 is 16.5 Å². The van der Waals surface area contributed by atoms with Crippen molar-refractivity contribution in [3.05, 3.63) is 65.3 Å². The number of aromatic nitrogens is 1. The van der Waals surface area contributed by atoms with E-state index < -0.39 is 5.82 Å². The maximum Gasteiger partial charge on any atom is 0.180 e. The second-order valence-corrected chi connectivity index (χ2v) is 5.38. The summed E-state index contributed by atoms with van der Waals surface area (Å²) in [6.07, 6.45) is 0. The molecule has 21 heavy (non-hydrogen) atoms. The van der Waals surface area contributed by atoms with Crippen molar-refractivity contribution in [2.45, 2.75) is 6.61 Å². The Morgan fingerprint density at radius 3 is 2.62 bits per heavy atom. The number of benzene rings is 2. The Morgan fingerprint density at radius 2 is 1.95 bits per heavy atom. The predicted octanol–water partition coefficient (Wildman–Crippen LogP) is 4.11. The Morgan fingerprint density at radius 1 is 1.14 bits per heavy atom. The third-order valence-corrected chi connectivity index (χ3v) is 3.66. The van der Waals surface area contributed by atoms with Crippen LogP contribution in [0.3, 0.4) is 0 Å². The molecular formula is C16H13FN2OS. The molecular weight excluding hydrogens is 287 g/mol. The van der Waals surface area contributed by atoms with Gasteiger partial charge in [-0.3, -0.25) is 0 Å². The van der Waals surface area contributed by atoms with Gasteiger partial charge in [0.05, 0.1) is 5.69 Å². The fraction of sp³-hybridized carbons (Fsp3) is 0.0625. The molecule has 0 aliphatic rings. The van der Waals surface area contributed by atoms with Crippen molar-refractivity contribution in [3.8, 4) is 17.0 Å². The van der Waals surface area contributed by atoms with E-state index in [9.17, 15) is 4.39 Å². The standard InChI is InChI=1S/C16H13FN2OS/c17-13-8-12(14-10-21-16(18)19-14)6-7-15(13)20-9-11-4-2-1-3-5-11/h1-8,10H,9H2,(H2,18,19). The fourth-order valence-corrected chi connectivity index (χ4v) is 2.50. The van der Waals surface area contributed by atoms with Crippen LogP contribution in [0.15, 0.2) is 53.9 Å². The molecule has 3 rings (SSSR count). The molecule has 3 aromatic rings. The topological polar surface area (TPSA) is 48.1 Å². The third-order valence-electron chi connectivity index (χ3n) is 2.99. The quantitative estimate of drug-likeness (QED) is 0.788. The van der Waals surface area contributed by atoms with Crippen molar-refractivity contribution in [2.24, 2.45) is 0 Å². The van der Waals surface area contributed by atoms with E-state index in [4.69, 9.17) is 10.5 Å². The molecule has 0 fully saturated rings. The van der Waals surface area contributed by atoms with E-state index in [0.717, 1.165) is 5.56 Å². The van der Waals surface area contributed by atoms with Crippen LogP contribution in [-0.4, -0.2) is 4.98 Å². The molecule has 1 heterocycles. The number of ether oxygens (including phenoxy) is 1. The smallest absolute Gasteiger partial charge is 0.180 e. The predicted molar refractivity (Wildman–Crippen MR) is 82.7 cm³/mol. The summed E-state index contributed by atoms with van der Waals surface area (Å²) in [7, 11) is 0. The van der Waals surface area contributed by atoms with E-state index in [0.29, 0.717) is 23.0 Å². The molecule has 0 spiro atoms.